The number of fused-ring (bicyclic) bond motifs is 1. The minimum Gasteiger partial charge on any atom is -0.193 e. The highest BCUT2D eigenvalue weighted by molar-refractivity contribution is 5.13. The fraction of sp³-hybridized carbons (Fsp3) is 0.769. The molecule has 1 unspecified atom stereocenters. The molecule has 1 heteroatoms. The Morgan fingerprint density at radius 2 is 1.93 bits per heavy atom. The van der Waals surface area contributed by atoms with Gasteiger partial charge < -0.3 is 0 Å². The maximum absolute atomic E-state index is 8.53. The summed E-state index contributed by atoms with van der Waals surface area (Å²) in [5.74, 6) is 3.30. The Hall–Kier alpha value is -0.770. The Balaban J connectivity index is 2.03. The third-order valence-corrected chi connectivity index (χ3v) is 4.59. The van der Waals surface area contributed by atoms with Gasteiger partial charge in [-0.15, -0.1) is 0 Å². The lowest BCUT2D eigenvalue weighted by atomic mass is 9.80. The third-order valence-electron chi connectivity index (χ3n) is 4.59. The zero-order chi connectivity index (χ0) is 10.3. The maximum Gasteiger partial charge on any atom is 0.0908 e. The van der Waals surface area contributed by atoms with Gasteiger partial charge in [-0.25, -0.2) is 0 Å². The molecule has 0 aromatic carbocycles. The van der Waals surface area contributed by atoms with Crippen molar-refractivity contribution in [1.29, 1.82) is 5.26 Å². The van der Waals surface area contributed by atoms with Crippen molar-refractivity contribution in [2.24, 2.45) is 29.1 Å². The smallest absolute Gasteiger partial charge is 0.0908 e. The molecule has 2 rings (SSSR count). The summed E-state index contributed by atoms with van der Waals surface area (Å²) in [7, 11) is 0. The average Bonchev–Trinajstić information content (AvgIpc) is 2.65. The average molecular weight is 189 g/mol. The summed E-state index contributed by atoms with van der Waals surface area (Å²) >= 11 is 0. The predicted molar refractivity (Wildman–Crippen MR) is 57.4 cm³/mol. The van der Waals surface area contributed by atoms with Crippen LogP contribution in [0.25, 0.3) is 0 Å². The summed E-state index contributed by atoms with van der Waals surface area (Å²) in [4.78, 5) is 0. The summed E-state index contributed by atoms with van der Waals surface area (Å²) < 4.78 is 0. The van der Waals surface area contributed by atoms with Crippen LogP contribution in [0.4, 0.5) is 0 Å². The van der Waals surface area contributed by atoms with E-state index in [1.807, 2.05) is 0 Å². The van der Waals surface area contributed by atoms with E-state index in [1.165, 1.54) is 12.8 Å². The maximum atomic E-state index is 8.53. The summed E-state index contributed by atoms with van der Waals surface area (Å²) in [5.41, 5.74) is 0.587. The molecule has 2 saturated carbocycles. The first kappa shape index (κ1) is 9.77. The summed E-state index contributed by atoms with van der Waals surface area (Å²) in [6, 6.07) is 2.10. The number of allylic oxidation sites excluding steroid dienone is 2. The molecule has 2 aliphatic rings. The molecule has 0 saturated heterocycles. The number of nitriles is 1. The van der Waals surface area contributed by atoms with Crippen molar-refractivity contribution in [2.45, 2.75) is 33.6 Å². The molecule has 4 atom stereocenters. The van der Waals surface area contributed by atoms with E-state index < -0.39 is 0 Å². The standard InChI is InChI=1S/C13H19N/c1-9-7-11-12(13(11,2)3)8-10(9)5-4-6-14/h4-5,9-12H,7-8H2,1-3H3/t9-,10+,11-,12?/m0/s1. The number of hydrogen-bond acceptors (Lipinski definition) is 1. The van der Waals surface area contributed by atoms with Gasteiger partial charge in [-0.2, -0.15) is 5.26 Å². The fourth-order valence-electron chi connectivity index (χ4n) is 3.33. The van der Waals surface area contributed by atoms with Gasteiger partial charge >= 0.3 is 0 Å². The van der Waals surface area contributed by atoms with Gasteiger partial charge in [-0.1, -0.05) is 26.8 Å². The molecule has 0 amide bonds. The van der Waals surface area contributed by atoms with Crippen LogP contribution in [0.15, 0.2) is 12.2 Å². The van der Waals surface area contributed by atoms with Crippen LogP contribution in [0, 0.1) is 40.4 Å². The van der Waals surface area contributed by atoms with Crippen molar-refractivity contribution < 1.29 is 0 Å². The van der Waals surface area contributed by atoms with Gasteiger partial charge in [0.25, 0.3) is 0 Å². The van der Waals surface area contributed by atoms with Gasteiger partial charge in [-0.3, -0.25) is 0 Å². The molecule has 2 aliphatic carbocycles. The van der Waals surface area contributed by atoms with Crippen molar-refractivity contribution in [3.63, 3.8) is 0 Å². The Bertz CT molecular complexity index is 295. The molecule has 0 N–H and O–H groups in total. The monoisotopic (exact) mass is 189 g/mol. The number of nitrogens with zero attached hydrogens (tertiary/aromatic N) is 1. The van der Waals surface area contributed by atoms with Crippen LogP contribution in [0.5, 0.6) is 0 Å². The van der Waals surface area contributed by atoms with E-state index in [0.717, 1.165) is 17.8 Å². The molecular formula is C13H19N. The second kappa shape index (κ2) is 3.12. The van der Waals surface area contributed by atoms with E-state index in [1.54, 1.807) is 6.08 Å². The van der Waals surface area contributed by atoms with E-state index >= 15 is 0 Å². The van der Waals surface area contributed by atoms with Gasteiger partial charge in [0, 0.05) is 6.08 Å². The first-order valence-corrected chi connectivity index (χ1v) is 5.63. The van der Waals surface area contributed by atoms with Gasteiger partial charge in [0.05, 0.1) is 6.07 Å². The molecule has 0 aromatic rings. The van der Waals surface area contributed by atoms with Crippen LogP contribution in [-0.2, 0) is 0 Å². The van der Waals surface area contributed by atoms with E-state index in [0.29, 0.717) is 11.3 Å². The van der Waals surface area contributed by atoms with Gasteiger partial charge in [0.2, 0.25) is 0 Å². The zero-order valence-electron chi connectivity index (χ0n) is 9.33. The van der Waals surface area contributed by atoms with Crippen molar-refractivity contribution in [1.82, 2.24) is 0 Å². The summed E-state index contributed by atoms with van der Waals surface area (Å²) in [6.45, 7) is 7.12. The van der Waals surface area contributed by atoms with E-state index in [-0.39, 0.29) is 0 Å². The molecular weight excluding hydrogens is 170 g/mol. The predicted octanol–water partition coefficient (Wildman–Crippen LogP) is 3.38. The minimum atomic E-state index is 0.587. The molecule has 1 nitrogen and oxygen atoms in total. The second-order valence-corrected chi connectivity index (χ2v) is 5.64. The van der Waals surface area contributed by atoms with E-state index in [2.05, 4.69) is 32.9 Å². The van der Waals surface area contributed by atoms with E-state index in [9.17, 15) is 0 Å². The highest BCUT2D eigenvalue weighted by Crippen LogP contribution is 2.66. The summed E-state index contributed by atoms with van der Waals surface area (Å²) in [6.07, 6.45) is 6.45. The van der Waals surface area contributed by atoms with Crippen molar-refractivity contribution in [2.75, 3.05) is 0 Å². The van der Waals surface area contributed by atoms with Gasteiger partial charge in [0.1, 0.15) is 0 Å². The van der Waals surface area contributed by atoms with Crippen LogP contribution >= 0.6 is 0 Å². The lowest BCUT2D eigenvalue weighted by Crippen LogP contribution is -2.16. The van der Waals surface area contributed by atoms with Crippen LogP contribution in [0.3, 0.4) is 0 Å². The van der Waals surface area contributed by atoms with E-state index in [4.69, 9.17) is 5.26 Å². The zero-order valence-corrected chi connectivity index (χ0v) is 9.33. The molecule has 0 aliphatic heterocycles. The first-order chi connectivity index (χ1) is 6.57. The Kier molecular flexibility index (Phi) is 2.18. The van der Waals surface area contributed by atoms with Crippen LogP contribution in [-0.4, -0.2) is 0 Å². The van der Waals surface area contributed by atoms with Gasteiger partial charge in [0.15, 0.2) is 0 Å². The molecule has 0 bridgehead atoms. The molecule has 14 heavy (non-hydrogen) atoms. The SMILES string of the molecule is C[C@H]1C[C@H]2C(C[C@H]1C=CC#N)C2(C)C. The molecule has 76 valence electrons. The van der Waals surface area contributed by atoms with Crippen molar-refractivity contribution >= 4 is 0 Å². The molecule has 0 heterocycles. The largest absolute Gasteiger partial charge is 0.193 e. The summed E-state index contributed by atoms with van der Waals surface area (Å²) in [5, 5.41) is 8.53. The molecule has 2 fully saturated rings. The minimum absolute atomic E-state index is 0.587. The Morgan fingerprint density at radius 1 is 1.29 bits per heavy atom. The molecule has 0 radical (unpaired) electrons. The highest BCUT2D eigenvalue weighted by Gasteiger charge is 2.60. The fourth-order valence-corrected chi connectivity index (χ4v) is 3.33. The van der Waals surface area contributed by atoms with Crippen LogP contribution < -0.4 is 0 Å². The van der Waals surface area contributed by atoms with Crippen molar-refractivity contribution in [3.05, 3.63) is 12.2 Å². The highest BCUT2D eigenvalue weighted by atomic mass is 14.6. The Morgan fingerprint density at radius 3 is 2.57 bits per heavy atom. The Labute approximate surface area is 86.8 Å². The normalized spacial score (nSPS) is 44.4. The first-order valence-electron chi connectivity index (χ1n) is 5.63. The number of rotatable bonds is 1. The quantitative estimate of drug-likeness (QED) is 0.580. The van der Waals surface area contributed by atoms with Crippen molar-refractivity contribution in [3.8, 4) is 6.07 Å². The second-order valence-electron chi connectivity index (χ2n) is 5.64. The lowest BCUT2D eigenvalue weighted by molar-refractivity contribution is 0.293. The molecule has 0 aromatic heterocycles. The lowest BCUT2D eigenvalue weighted by Gasteiger charge is -2.25. The van der Waals surface area contributed by atoms with Crippen LogP contribution in [0.2, 0.25) is 0 Å². The topological polar surface area (TPSA) is 23.8 Å². The van der Waals surface area contributed by atoms with Crippen LogP contribution in [0.1, 0.15) is 33.6 Å². The third kappa shape index (κ3) is 1.38. The van der Waals surface area contributed by atoms with Gasteiger partial charge in [-0.05, 0) is 41.9 Å². The number of hydrogen-bond donors (Lipinski definition) is 0. The molecule has 0 spiro atoms.